The summed E-state index contributed by atoms with van der Waals surface area (Å²) in [5.41, 5.74) is 5.00. The molecule has 0 radical (unpaired) electrons. The van der Waals surface area contributed by atoms with Gasteiger partial charge in [0.25, 0.3) is 5.91 Å². The van der Waals surface area contributed by atoms with Gasteiger partial charge < -0.3 is 15.5 Å². The monoisotopic (exact) mass is 361 g/mol. The minimum absolute atomic E-state index is 0.142. The average molecular weight is 361 g/mol. The Balaban J connectivity index is 1.68. The summed E-state index contributed by atoms with van der Waals surface area (Å²) in [4.78, 5) is 23.2. The number of anilines is 4. The molecule has 0 unspecified atom stereocenters. The molecular formula is C21H23N5O. The van der Waals surface area contributed by atoms with Crippen molar-refractivity contribution in [2.75, 3.05) is 29.6 Å². The SMILES string of the molecule is Cc1cc(C)nc(Nc2ccc(NC(=O)c3cccc(N(C)C)c3)cc2)n1. The number of hydrogen-bond donors (Lipinski definition) is 2. The fraction of sp³-hybridized carbons (Fsp3) is 0.190. The molecule has 0 aliphatic carbocycles. The molecular weight excluding hydrogens is 338 g/mol. The predicted octanol–water partition coefficient (Wildman–Crippen LogP) is 4.16. The number of nitrogens with zero attached hydrogens (tertiary/aromatic N) is 3. The normalized spacial score (nSPS) is 10.4. The maximum Gasteiger partial charge on any atom is 0.255 e. The summed E-state index contributed by atoms with van der Waals surface area (Å²) >= 11 is 0. The second-order valence-corrected chi connectivity index (χ2v) is 6.58. The summed E-state index contributed by atoms with van der Waals surface area (Å²) < 4.78 is 0. The topological polar surface area (TPSA) is 70.2 Å². The first-order chi connectivity index (χ1) is 12.9. The van der Waals surface area contributed by atoms with E-state index in [2.05, 4.69) is 20.6 Å². The van der Waals surface area contributed by atoms with E-state index in [4.69, 9.17) is 0 Å². The number of benzene rings is 2. The summed E-state index contributed by atoms with van der Waals surface area (Å²) in [6.07, 6.45) is 0. The summed E-state index contributed by atoms with van der Waals surface area (Å²) in [5, 5.41) is 6.09. The van der Waals surface area contributed by atoms with Crippen LogP contribution in [0, 0.1) is 13.8 Å². The fourth-order valence-corrected chi connectivity index (χ4v) is 2.68. The quantitative estimate of drug-likeness (QED) is 0.714. The van der Waals surface area contributed by atoms with Gasteiger partial charge in [0.15, 0.2) is 0 Å². The third-order valence-electron chi connectivity index (χ3n) is 4.01. The number of carbonyl (C=O) groups excluding carboxylic acids is 1. The Labute approximate surface area is 159 Å². The highest BCUT2D eigenvalue weighted by atomic mass is 16.1. The Morgan fingerprint density at radius 1 is 0.889 bits per heavy atom. The highest BCUT2D eigenvalue weighted by molar-refractivity contribution is 6.04. The molecule has 6 heteroatoms. The summed E-state index contributed by atoms with van der Waals surface area (Å²) in [6, 6.07) is 16.9. The van der Waals surface area contributed by atoms with Crippen molar-refractivity contribution in [1.29, 1.82) is 0 Å². The Hall–Kier alpha value is -3.41. The van der Waals surface area contributed by atoms with Crippen molar-refractivity contribution in [2.45, 2.75) is 13.8 Å². The van der Waals surface area contributed by atoms with Crippen molar-refractivity contribution < 1.29 is 4.79 Å². The van der Waals surface area contributed by atoms with Gasteiger partial charge in [-0.2, -0.15) is 0 Å². The molecule has 0 spiro atoms. The average Bonchev–Trinajstić information content (AvgIpc) is 2.62. The molecule has 27 heavy (non-hydrogen) atoms. The molecule has 3 aromatic rings. The second-order valence-electron chi connectivity index (χ2n) is 6.58. The van der Waals surface area contributed by atoms with Gasteiger partial charge in [-0.1, -0.05) is 6.07 Å². The van der Waals surface area contributed by atoms with Crippen LogP contribution in [0.3, 0.4) is 0 Å². The lowest BCUT2D eigenvalue weighted by molar-refractivity contribution is 0.102. The molecule has 1 amide bonds. The number of aryl methyl sites for hydroxylation is 2. The van der Waals surface area contributed by atoms with E-state index < -0.39 is 0 Å². The van der Waals surface area contributed by atoms with Crippen molar-refractivity contribution in [3.05, 3.63) is 71.5 Å². The van der Waals surface area contributed by atoms with Crippen molar-refractivity contribution in [1.82, 2.24) is 9.97 Å². The Morgan fingerprint density at radius 3 is 2.15 bits per heavy atom. The molecule has 0 aliphatic rings. The fourth-order valence-electron chi connectivity index (χ4n) is 2.68. The molecule has 0 aliphatic heterocycles. The Kier molecular flexibility index (Phi) is 5.35. The van der Waals surface area contributed by atoms with Crippen LogP contribution >= 0.6 is 0 Å². The maximum absolute atomic E-state index is 12.5. The third kappa shape index (κ3) is 4.82. The first-order valence-electron chi connectivity index (χ1n) is 8.69. The molecule has 1 heterocycles. The molecule has 0 saturated heterocycles. The molecule has 1 aromatic heterocycles. The van der Waals surface area contributed by atoms with Gasteiger partial charge in [0, 0.05) is 48.1 Å². The van der Waals surface area contributed by atoms with Gasteiger partial charge in [-0.15, -0.1) is 0 Å². The molecule has 3 rings (SSSR count). The zero-order chi connectivity index (χ0) is 19.4. The molecule has 2 aromatic carbocycles. The molecule has 0 saturated carbocycles. The molecule has 0 atom stereocenters. The first kappa shape index (κ1) is 18.4. The van der Waals surface area contributed by atoms with Gasteiger partial charge >= 0.3 is 0 Å². The van der Waals surface area contributed by atoms with Gasteiger partial charge in [-0.25, -0.2) is 9.97 Å². The lowest BCUT2D eigenvalue weighted by Gasteiger charge is -2.13. The molecule has 0 bridgehead atoms. The van der Waals surface area contributed by atoms with E-state index in [0.717, 1.165) is 28.5 Å². The van der Waals surface area contributed by atoms with Gasteiger partial charge in [0.1, 0.15) is 0 Å². The number of aromatic nitrogens is 2. The van der Waals surface area contributed by atoms with Gasteiger partial charge in [0.05, 0.1) is 0 Å². The van der Waals surface area contributed by atoms with Crippen LogP contribution < -0.4 is 15.5 Å². The van der Waals surface area contributed by atoms with Crippen LogP contribution in [-0.2, 0) is 0 Å². The van der Waals surface area contributed by atoms with Crippen LogP contribution in [0.5, 0.6) is 0 Å². The molecule has 138 valence electrons. The van der Waals surface area contributed by atoms with Crippen LogP contribution in [0.4, 0.5) is 23.0 Å². The molecule has 0 fully saturated rings. The van der Waals surface area contributed by atoms with Crippen molar-refractivity contribution in [3.63, 3.8) is 0 Å². The van der Waals surface area contributed by atoms with E-state index in [1.807, 2.05) is 81.4 Å². The first-order valence-corrected chi connectivity index (χ1v) is 8.69. The van der Waals surface area contributed by atoms with Crippen molar-refractivity contribution in [3.8, 4) is 0 Å². The van der Waals surface area contributed by atoms with Crippen LogP contribution in [0.25, 0.3) is 0 Å². The predicted molar refractivity (Wildman–Crippen MR) is 110 cm³/mol. The Bertz CT molecular complexity index is 931. The van der Waals surface area contributed by atoms with E-state index in [1.165, 1.54) is 0 Å². The van der Waals surface area contributed by atoms with E-state index in [-0.39, 0.29) is 5.91 Å². The van der Waals surface area contributed by atoms with Gasteiger partial charge in [-0.3, -0.25) is 4.79 Å². The highest BCUT2D eigenvalue weighted by Gasteiger charge is 2.08. The number of amides is 1. The van der Waals surface area contributed by atoms with Crippen LogP contribution in [0.2, 0.25) is 0 Å². The zero-order valence-electron chi connectivity index (χ0n) is 15.9. The van der Waals surface area contributed by atoms with E-state index in [0.29, 0.717) is 11.5 Å². The second kappa shape index (κ2) is 7.86. The van der Waals surface area contributed by atoms with Crippen LogP contribution in [-0.4, -0.2) is 30.0 Å². The van der Waals surface area contributed by atoms with E-state index in [1.54, 1.807) is 6.07 Å². The van der Waals surface area contributed by atoms with E-state index in [9.17, 15) is 4.79 Å². The highest BCUT2D eigenvalue weighted by Crippen LogP contribution is 2.19. The molecule has 6 nitrogen and oxygen atoms in total. The third-order valence-corrected chi connectivity index (χ3v) is 4.01. The van der Waals surface area contributed by atoms with Crippen LogP contribution in [0.15, 0.2) is 54.6 Å². The minimum atomic E-state index is -0.142. The van der Waals surface area contributed by atoms with Crippen molar-refractivity contribution >= 4 is 28.9 Å². The smallest absolute Gasteiger partial charge is 0.255 e. The standard InChI is InChI=1S/C21H23N5O/c1-14-12-15(2)23-21(22-14)25-18-10-8-17(9-11-18)24-20(27)16-6-5-7-19(13-16)26(3)4/h5-13H,1-4H3,(H,24,27)(H,22,23,25). The summed E-state index contributed by atoms with van der Waals surface area (Å²) in [5.74, 6) is 0.418. The largest absolute Gasteiger partial charge is 0.378 e. The summed E-state index contributed by atoms with van der Waals surface area (Å²) in [6.45, 7) is 3.87. The van der Waals surface area contributed by atoms with Crippen LogP contribution in [0.1, 0.15) is 21.7 Å². The zero-order valence-corrected chi connectivity index (χ0v) is 15.9. The van der Waals surface area contributed by atoms with E-state index >= 15 is 0 Å². The molecule has 2 N–H and O–H groups in total. The van der Waals surface area contributed by atoms with Crippen molar-refractivity contribution in [2.24, 2.45) is 0 Å². The number of hydrogen-bond acceptors (Lipinski definition) is 5. The number of carbonyl (C=O) groups is 1. The maximum atomic E-state index is 12.5. The lowest BCUT2D eigenvalue weighted by Crippen LogP contribution is -2.14. The lowest BCUT2D eigenvalue weighted by atomic mass is 10.1. The Morgan fingerprint density at radius 2 is 1.52 bits per heavy atom. The summed E-state index contributed by atoms with van der Waals surface area (Å²) in [7, 11) is 3.89. The van der Waals surface area contributed by atoms with Gasteiger partial charge in [-0.05, 0) is 62.4 Å². The number of nitrogens with one attached hydrogen (secondary N) is 2. The minimum Gasteiger partial charge on any atom is -0.378 e. The number of rotatable bonds is 5. The van der Waals surface area contributed by atoms with Gasteiger partial charge in [0.2, 0.25) is 5.95 Å².